The van der Waals surface area contributed by atoms with Gasteiger partial charge in [-0.2, -0.15) is 5.10 Å². The summed E-state index contributed by atoms with van der Waals surface area (Å²) in [6, 6.07) is 8.25. The first-order valence-electron chi connectivity index (χ1n) is 5.95. The van der Waals surface area contributed by atoms with Crippen molar-refractivity contribution < 1.29 is 5.11 Å². The number of rotatable bonds is 4. The molecule has 0 aliphatic rings. The van der Waals surface area contributed by atoms with Crippen molar-refractivity contribution in [3.8, 4) is 0 Å². The van der Waals surface area contributed by atoms with Crippen LogP contribution in [0.2, 0.25) is 0 Å². The van der Waals surface area contributed by atoms with Crippen molar-refractivity contribution in [1.29, 1.82) is 0 Å². The zero-order valence-electron chi connectivity index (χ0n) is 10.3. The van der Waals surface area contributed by atoms with Crippen molar-refractivity contribution in [3.05, 3.63) is 53.3 Å². The van der Waals surface area contributed by atoms with Crippen LogP contribution in [0.25, 0.3) is 0 Å². The first-order valence-corrected chi connectivity index (χ1v) is 5.95. The molecule has 1 aromatic carbocycles. The molecule has 0 saturated carbocycles. The Hall–Kier alpha value is -1.61. The number of aromatic nitrogens is 2. The van der Waals surface area contributed by atoms with Crippen LogP contribution >= 0.6 is 0 Å². The molecule has 0 fully saturated rings. The predicted molar refractivity (Wildman–Crippen MR) is 67.7 cm³/mol. The average molecular weight is 230 g/mol. The molecule has 3 heteroatoms. The largest absolute Gasteiger partial charge is 0.388 e. The highest BCUT2D eigenvalue weighted by atomic mass is 16.3. The van der Waals surface area contributed by atoms with Gasteiger partial charge in [-0.05, 0) is 19.4 Å². The minimum absolute atomic E-state index is 0.474. The topological polar surface area (TPSA) is 38.0 Å². The molecule has 0 bridgehead atoms. The van der Waals surface area contributed by atoms with E-state index >= 15 is 0 Å². The molecule has 0 aliphatic heterocycles. The minimum Gasteiger partial charge on any atom is -0.388 e. The minimum atomic E-state index is -0.474. The number of benzene rings is 1. The van der Waals surface area contributed by atoms with Crippen LogP contribution in [0.3, 0.4) is 0 Å². The van der Waals surface area contributed by atoms with Gasteiger partial charge < -0.3 is 5.11 Å². The highest BCUT2D eigenvalue weighted by Gasteiger charge is 2.10. The number of aliphatic hydroxyl groups is 1. The monoisotopic (exact) mass is 230 g/mol. The lowest BCUT2D eigenvalue weighted by Gasteiger charge is -2.08. The van der Waals surface area contributed by atoms with Gasteiger partial charge in [0.15, 0.2) is 0 Å². The van der Waals surface area contributed by atoms with E-state index in [9.17, 15) is 5.11 Å². The SMILES string of the molecule is CCn1cc(C(O)Cc2ccc(C)cc2)cn1. The van der Waals surface area contributed by atoms with Gasteiger partial charge in [-0.1, -0.05) is 29.8 Å². The Bertz CT molecular complexity index is 473. The summed E-state index contributed by atoms with van der Waals surface area (Å²) < 4.78 is 1.83. The molecule has 1 aromatic heterocycles. The third-order valence-electron chi connectivity index (χ3n) is 2.91. The Kier molecular flexibility index (Phi) is 3.59. The molecule has 1 unspecified atom stereocenters. The quantitative estimate of drug-likeness (QED) is 0.876. The Morgan fingerprint density at radius 1 is 1.29 bits per heavy atom. The van der Waals surface area contributed by atoms with Gasteiger partial charge in [0.25, 0.3) is 0 Å². The summed E-state index contributed by atoms with van der Waals surface area (Å²) in [5, 5.41) is 14.3. The van der Waals surface area contributed by atoms with Crippen molar-refractivity contribution in [1.82, 2.24) is 9.78 Å². The fraction of sp³-hybridized carbons (Fsp3) is 0.357. The molecule has 3 nitrogen and oxygen atoms in total. The molecule has 0 spiro atoms. The second-order valence-corrected chi connectivity index (χ2v) is 4.33. The number of aliphatic hydroxyl groups excluding tert-OH is 1. The van der Waals surface area contributed by atoms with Crippen molar-refractivity contribution in [2.24, 2.45) is 0 Å². The van der Waals surface area contributed by atoms with E-state index < -0.39 is 6.10 Å². The molecule has 90 valence electrons. The molecule has 0 saturated heterocycles. The van der Waals surface area contributed by atoms with Crippen LogP contribution in [0.1, 0.15) is 29.7 Å². The summed E-state index contributed by atoms with van der Waals surface area (Å²) in [7, 11) is 0. The Morgan fingerprint density at radius 3 is 2.59 bits per heavy atom. The van der Waals surface area contributed by atoms with Crippen LogP contribution in [-0.2, 0) is 13.0 Å². The maximum absolute atomic E-state index is 10.1. The van der Waals surface area contributed by atoms with Crippen molar-refractivity contribution in [2.45, 2.75) is 32.9 Å². The summed E-state index contributed by atoms with van der Waals surface area (Å²) in [4.78, 5) is 0. The first-order chi connectivity index (χ1) is 8.19. The molecular weight excluding hydrogens is 212 g/mol. The fourth-order valence-electron chi connectivity index (χ4n) is 1.79. The van der Waals surface area contributed by atoms with E-state index in [-0.39, 0.29) is 0 Å². The molecule has 1 heterocycles. The van der Waals surface area contributed by atoms with Gasteiger partial charge in [0.1, 0.15) is 0 Å². The van der Waals surface area contributed by atoms with E-state index in [0.29, 0.717) is 6.42 Å². The number of hydrogen-bond donors (Lipinski definition) is 1. The molecule has 2 rings (SSSR count). The predicted octanol–water partition coefficient (Wildman–Crippen LogP) is 2.49. The van der Waals surface area contributed by atoms with E-state index in [1.165, 1.54) is 5.56 Å². The normalized spacial score (nSPS) is 12.6. The fourth-order valence-corrected chi connectivity index (χ4v) is 1.79. The summed E-state index contributed by atoms with van der Waals surface area (Å²) in [6.45, 7) is 4.92. The van der Waals surface area contributed by atoms with Crippen LogP contribution in [-0.4, -0.2) is 14.9 Å². The van der Waals surface area contributed by atoms with E-state index in [4.69, 9.17) is 0 Å². The second kappa shape index (κ2) is 5.15. The molecule has 0 amide bonds. The molecular formula is C14H18N2O. The first kappa shape index (κ1) is 11.9. The summed E-state index contributed by atoms with van der Waals surface area (Å²) >= 11 is 0. The van der Waals surface area contributed by atoms with E-state index in [2.05, 4.69) is 36.3 Å². The highest BCUT2D eigenvalue weighted by Crippen LogP contribution is 2.17. The van der Waals surface area contributed by atoms with Crippen molar-refractivity contribution in [2.75, 3.05) is 0 Å². The van der Waals surface area contributed by atoms with Gasteiger partial charge in [0.05, 0.1) is 12.3 Å². The summed E-state index contributed by atoms with van der Waals surface area (Å²) in [6.07, 6.45) is 3.80. The van der Waals surface area contributed by atoms with E-state index in [0.717, 1.165) is 17.7 Å². The Labute approximate surface area is 102 Å². The van der Waals surface area contributed by atoms with Gasteiger partial charge in [-0.3, -0.25) is 4.68 Å². The van der Waals surface area contributed by atoms with Crippen molar-refractivity contribution >= 4 is 0 Å². The van der Waals surface area contributed by atoms with Crippen LogP contribution in [0.15, 0.2) is 36.7 Å². The Morgan fingerprint density at radius 2 is 2.00 bits per heavy atom. The molecule has 2 aromatic rings. The molecule has 1 N–H and O–H groups in total. The van der Waals surface area contributed by atoms with Gasteiger partial charge in [-0.25, -0.2) is 0 Å². The zero-order valence-corrected chi connectivity index (χ0v) is 10.3. The standard InChI is InChI=1S/C14H18N2O/c1-3-16-10-13(9-15-16)14(17)8-12-6-4-11(2)5-7-12/h4-7,9-10,14,17H,3,8H2,1-2H3. The number of aryl methyl sites for hydroxylation is 2. The van der Waals surface area contributed by atoms with Crippen LogP contribution in [0.4, 0.5) is 0 Å². The Balaban J connectivity index is 2.05. The lowest BCUT2D eigenvalue weighted by atomic mass is 10.0. The smallest absolute Gasteiger partial charge is 0.0860 e. The molecule has 0 radical (unpaired) electrons. The van der Waals surface area contributed by atoms with Gasteiger partial charge in [0.2, 0.25) is 0 Å². The van der Waals surface area contributed by atoms with Crippen LogP contribution < -0.4 is 0 Å². The zero-order chi connectivity index (χ0) is 12.3. The third kappa shape index (κ3) is 2.94. The molecule has 17 heavy (non-hydrogen) atoms. The molecule has 0 aliphatic carbocycles. The molecule has 1 atom stereocenters. The van der Waals surface area contributed by atoms with Crippen LogP contribution in [0.5, 0.6) is 0 Å². The lowest BCUT2D eigenvalue weighted by molar-refractivity contribution is 0.178. The third-order valence-corrected chi connectivity index (χ3v) is 2.91. The second-order valence-electron chi connectivity index (χ2n) is 4.33. The van der Waals surface area contributed by atoms with Gasteiger partial charge in [0, 0.05) is 24.7 Å². The maximum Gasteiger partial charge on any atom is 0.0860 e. The van der Waals surface area contributed by atoms with Crippen LogP contribution in [0, 0.1) is 6.92 Å². The highest BCUT2D eigenvalue weighted by molar-refractivity contribution is 5.23. The van der Waals surface area contributed by atoms with Crippen molar-refractivity contribution in [3.63, 3.8) is 0 Å². The lowest BCUT2D eigenvalue weighted by Crippen LogP contribution is -2.01. The average Bonchev–Trinajstić information content (AvgIpc) is 2.81. The van der Waals surface area contributed by atoms with E-state index in [1.54, 1.807) is 6.20 Å². The summed E-state index contributed by atoms with van der Waals surface area (Å²) in [5.41, 5.74) is 3.27. The number of nitrogens with zero attached hydrogens (tertiary/aromatic N) is 2. The van der Waals surface area contributed by atoms with Gasteiger partial charge >= 0.3 is 0 Å². The number of hydrogen-bond acceptors (Lipinski definition) is 2. The maximum atomic E-state index is 10.1. The van der Waals surface area contributed by atoms with Gasteiger partial charge in [-0.15, -0.1) is 0 Å². The summed E-state index contributed by atoms with van der Waals surface area (Å²) in [5.74, 6) is 0. The van der Waals surface area contributed by atoms with E-state index in [1.807, 2.05) is 17.8 Å².